The summed E-state index contributed by atoms with van der Waals surface area (Å²) in [5, 5.41) is 18.3. The third kappa shape index (κ3) is 4.68. The Morgan fingerprint density at radius 3 is 2.46 bits per heavy atom. The first kappa shape index (κ1) is 19.4. The summed E-state index contributed by atoms with van der Waals surface area (Å²) >= 11 is 1.68. The Morgan fingerprint density at radius 1 is 1.15 bits per heavy atom. The zero-order chi connectivity index (χ0) is 18.6. The van der Waals surface area contributed by atoms with Crippen molar-refractivity contribution in [2.24, 2.45) is 5.73 Å². The van der Waals surface area contributed by atoms with E-state index in [9.17, 15) is 13.9 Å². The lowest BCUT2D eigenvalue weighted by molar-refractivity contribution is 0.117. The van der Waals surface area contributed by atoms with Crippen LogP contribution in [0.15, 0.2) is 35.0 Å². The van der Waals surface area contributed by atoms with E-state index in [1.165, 1.54) is 24.1 Å². The van der Waals surface area contributed by atoms with Gasteiger partial charge in [-0.25, -0.2) is 8.78 Å². The topological polar surface area (TPSA) is 58.3 Å². The molecule has 0 amide bonds. The summed E-state index contributed by atoms with van der Waals surface area (Å²) in [5.41, 5.74) is 7.72. The Kier molecular flexibility index (Phi) is 6.40. The van der Waals surface area contributed by atoms with E-state index < -0.39 is 23.8 Å². The molecular formula is C20H26F2N2OS. The van der Waals surface area contributed by atoms with E-state index >= 15 is 0 Å². The molecule has 1 aromatic carbocycles. The fourth-order valence-corrected chi connectivity index (χ4v) is 4.60. The average molecular weight is 381 g/mol. The van der Waals surface area contributed by atoms with Crippen LogP contribution in [0.4, 0.5) is 8.78 Å². The van der Waals surface area contributed by atoms with E-state index in [4.69, 9.17) is 5.73 Å². The molecule has 1 aliphatic carbocycles. The molecule has 1 fully saturated rings. The van der Waals surface area contributed by atoms with E-state index in [2.05, 4.69) is 22.1 Å². The van der Waals surface area contributed by atoms with Crippen molar-refractivity contribution in [1.82, 2.24) is 5.32 Å². The summed E-state index contributed by atoms with van der Waals surface area (Å²) in [6.07, 6.45) is 5.07. The Balaban J connectivity index is 1.62. The summed E-state index contributed by atoms with van der Waals surface area (Å²) < 4.78 is 26.6. The number of nitrogens with one attached hydrogen (secondary N) is 1. The number of rotatable bonds is 7. The maximum absolute atomic E-state index is 13.3. The third-order valence-electron chi connectivity index (χ3n) is 5.32. The minimum Gasteiger partial charge on any atom is -0.390 e. The first-order valence-corrected chi connectivity index (χ1v) is 10.1. The van der Waals surface area contributed by atoms with Gasteiger partial charge in [0.2, 0.25) is 0 Å². The van der Waals surface area contributed by atoms with Crippen molar-refractivity contribution >= 4 is 11.3 Å². The van der Waals surface area contributed by atoms with Gasteiger partial charge in [-0.3, -0.25) is 0 Å². The lowest BCUT2D eigenvalue weighted by Gasteiger charge is -2.39. The van der Waals surface area contributed by atoms with Crippen molar-refractivity contribution in [2.75, 3.05) is 6.54 Å². The van der Waals surface area contributed by atoms with Gasteiger partial charge in [-0.05, 0) is 59.3 Å². The second kappa shape index (κ2) is 8.57. The predicted octanol–water partition coefficient (Wildman–Crippen LogP) is 3.71. The molecular weight excluding hydrogens is 354 g/mol. The number of hydrogen-bond acceptors (Lipinski definition) is 4. The molecule has 1 aromatic heterocycles. The van der Waals surface area contributed by atoms with Gasteiger partial charge in [0.15, 0.2) is 0 Å². The molecule has 3 nitrogen and oxygen atoms in total. The molecule has 6 heteroatoms. The Labute approximate surface area is 157 Å². The zero-order valence-corrected chi connectivity index (χ0v) is 15.6. The van der Waals surface area contributed by atoms with Crippen LogP contribution in [0.1, 0.15) is 43.2 Å². The molecule has 3 rings (SSSR count). The molecule has 2 aromatic rings. The van der Waals surface area contributed by atoms with Crippen molar-refractivity contribution in [3.05, 3.63) is 57.8 Å². The summed E-state index contributed by atoms with van der Waals surface area (Å²) in [6.45, 7) is 0.356. The monoisotopic (exact) mass is 380 g/mol. The van der Waals surface area contributed by atoms with Gasteiger partial charge in [0.1, 0.15) is 11.6 Å². The highest BCUT2D eigenvalue weighted by molar-refractivity contribution is 7.08. The molecule has 0 aliphatic heterocycles. The van der Waals surface area contributed by atoms with Crippen molar-refractivity contribution in [2.45, 2.75) is 56.2 Å². The molecule has 0 saturated heterocycles. The second-order valence-electron chi connectivity index (χ2n) is 7.25. The molecule has 0 bridgehead atoms. The standard InChI is InChI=1S/C20H26F2N2OS/c21-16-8-14(9-17(22)11-16)10-18(23)19(25)12-24-20(5-2-1-3-6-20)15-4-7-26-13-15/h4,7-9,11,13,18-19,24-25H,1-3,5-6,10,12,23H2/t18-,19+/m0/s1. The summed E-state index contributed by atoms with van der Waals surface area (Å²) in [4.78, 5) is 0. The highest BCUT2D eigenvalue weighted by Gasteiger charge is 2.34. The smallest absolute Gasteiger partial charge is 0.126 e. The van der Waals surface area contributed by atoms with Gasteiger partial charge in [0, 0.05) is 24.2 Å². The largest absolute Gasteiger partial charge is 0.390 e. The number of benzene rings is 1. The summed E-state index contributed by atoms with van der Waals surface area (Å²) in [5.74, 6) is -1.25. The molecule has 1 heterocycles. The van der Waals surface area contributed by atoms with Crippen LogP contribution < -0.4 is 11.1 Å². The van der Waals surface area contributed by atoms with Gasteiger partial charge in [-0.1, -0.05) is 19.3 Å². The quantitative estimate of drug-likeness (QED) is 0.686. The van der Waals surface area contributed by atoms with Crippen molar-refractivity contribution < 1.29 is 13.9 Å². The number of hydrogen-bond donors (Lipinski definition) is 3. The minimum atomic E-state index is -0.793. The van der Waals surface area contributed by atoms with E-state index in [1.807, 2.05) is 0 Å². The lowest BCUT2D eigenvalue weighted by atomic mass is 9.77. The van der Waals surface area contributed by atoms with Gasteiger partial charge >= 0.3 is 0 Å². The lowest BCUT2D eigenvalue weighted by Crippen LogP contribution is -2.51. The van der Waals surface area contributed by atoms with Crippen LogP contribution in [-0.4, -0.2) is 23.8 Å². The van der Waals surface area contributed by atoms with E-state index in [0.29, 0.717) is 12.1 Å². The average Bonchev–Trinajstić information content (AvgIpc) is 3.15. The number of halogens is 2. The van der Waals surface area contributed by atoms with Gasteiger partial charge in [-0.15, -0.1) is 0 Å². The highest BCUT2D eigenvalue weighted by atomic mass is 32.1. The maximum atomic E-state index is 13.3. The van der Waals surface area contributed by atoms with Crippen LogP contribution in [0.5, 0.6) is 0 Å². The van der Waals surface area contributed by atoms with Gasteiger partial charge in [0.05, 0.1) is 6.10 Å². The van der Waals surface area contributed by atoms with Crippen molar-refractivity contribution in [3.8, 4) is 0 Å². The molecule has 4 N–H and O–H groups in total. The number of aliphatic hydroxyl groups excluding tert-OH is 1. The van der Waals surface area contributed by atoms with Crippen LogP contribution in [-0.2, 0) is 12.0 Å². The van der Waals surface area contributed by atoms with Crippen LogP contribution in [0.2, 0.25) is 0 Å². The minimum absolute atomic E-state index is 0.107. The van der Waals surface area contributed by atoms with Crippen LogP contribution in [0.25, 0.3) is 0 Å². The molecule has 2 atom stereocenters. The van der Waals surface area contributed by atoms with E-state index in [-0.39, 0.29) is 12.0 Å². The molecule has 1 saturated carbocycles. The third-order valence-corrected chi connectivity index (χ3v) is 6.00. The molecule has 142 valence electrons. The molecule has 0 spiro atoms. The normalized spacial score (nSPS) is 19.2. The van der Waals surface area contributed by atoms with Crippen molar-refractivity contribution in [1.29, 1.82) is 0 Å². The van der Waals surface area contributed by atoms with Crippen LogP contribution in [0, 0.1) is 11.6 Å². The second-order valence-corrected chi connectivity index (χ2v) is 8.03. The highest BCUT2D eigenvalue weighted by Crippen LogP contribution is 2.38. The summed E-state index contributed by atoms with van der Waals surface area (Å²) in [7, 11) is 0. The first-order chi connectivity index (χ1) is 12.5. The first-order valence-electron chi connectivity index (χ1n) is 9.15. The van der Waals surface area contributed by atoms with Crippen LogP contribution >= 0.6 is 11.3 Å². The van der Waals surface area contributed by atoms with Crippen molar-refractivity contribution in [3.63, 3.8) is 0 Å². The molecule has 26 heavy (non-hydrogen) atoms. The van der Waals surface area contributed by atoms with E-state index in [0.717, 1.165) is 31.7 Å². The molecule has 1 aliphatic rings. The molecule has 0 unspecified atom stereocenters. The fourth-order valence-electron chi connectivity index (χ4n) is 3.85. The van der Waals surface area contributed by atoms with Gasteiger partial charge in [0.25, 0.3) is 0 Å². The fraction of sp³-hybridized carbons (Fsp3) is 0.500. The van der Waals surface area contributed by atoms with Crippen LogP contribution in [0.3, 0.4) is 0 Å². The number of aliphatic hydroxyl groups is 1. The van der Waals surface area contributed by atoms with E-state index in [1.54, 1.807) is 11.3 Å². The maximum Gasteiger partial charge on any atom is 0.126 e. The predicted molar refractivity (Wildman–Crippen MR) is 101 cm³/mol. The summed E-state index contributed by atoms with van der Waals surface area (Å²) in [6, 6.07) is 4.91. The van der Waals surface area contributed by atoms with Gasteiger partial charge < -0.3 is 16.2 Å². The Bertz CT molecular complexity index is 682. The van der Waals surface area contributed by atoms with Gasteiger partial charge in [-0.2, -0.15) is 11.3 Å². The Morgan fingerprint density at radius 2 is 1.85 bits per heavy atom. The zero-order valence-electron chi connectivity index (χ0n) is 14.8. The number of thiophene rings is 1. The SMILES string of the molecule is N[C@@H](Cc1cc(F)cc(F)c1)[C@H](O)CNC1(c2ccsc2)CCCCC1. The number of nitrogens with two attached hydrogens (primary N) is 1. The molecule has 0 radical (unpaired) electrons. The Hall–Kier alpha value is -1.34.